The van der Waals surface area contributed by atoms with E-state index in [0.717, 1.165) is 0 Å². The van der Waals surface area contributed by atoms with E-state index in [-0.39, 0.29) is 23.6 Å². The molecule has 2 fully saturated rings. The molecule has 138 valence electrons. The Morgan fingerprint density at radius 1 is 1.12 bits per heavy atom. The highest BCUT2D eigenvalue weighted by Gasteiger charge is 2.51. The molecule has 0 bridgehead atoms. The van der Waals surface area contributed by atoms with Crippen LogP contribution < -0.4 is 10.6 Å². The zero-order valence-electron chi connectivity index (χ0n) is 14.4. The van der Waals surface area contributed by atoms with E-state index in [1.54, 1.807) is 18.2 Å². The van der Waals surface area contributed by atoms with Crippen LogP contribution in [0.15, 0.2) is 35.2 Å². The molecule has 0 aliphatic heterocycles. The number of carbonyl (C=O) groups is 2. The van der Waals surface area contributed by atoms with Gasteiger partial charge in [0.1, 0.15) is 5.54 Å². The van der Waals surface area contributed by atoms with Gasteiger partial charge in [0.05, 0.1) is 28.1 Å². The predicted molar refractivity (Wildman–Crippen MR) is 93.4 cm³/mol. The van der Waals surface area contributed by atoms with Gasteiger partial charge in [0.15, 0.2) is 9.84 Å². The van der Waals surface area contributed by atoms with Crippen LogP contribution in [-0.4, -0.2) is 38.1 Å². The van der Waals surface area contributed by atoms with Crippen molar-refractivity contribution >= 4 is 21.7 Å². The van der Waals surface area contributed by atoms with Crippen molar-refractivity contribution in [2.75, 3.05) is 7.05 Å². The summed E-state index contributed by atoms with van der Waals surface area (Å²) in [7, 11) is -2.17. The molecule has 0 heterocycles. The van der Waals surface area contributed by atoms with Crippen LogP contribution in [0.1, 0.15) is 25.7 Å². The predicted octanol–water partition coefficient (Wildman–Crippen LogP) is 0.773. The molecule has 0 spiro atoms. The number of nitrogens with one attached hydrogen (secondary N) is 2. The fraction of sp³-hybridized carbons (Fsp3) is 0.500. The molecule has 8 heteroatoms. The molecule has 0 radical (unpaired) electrons. The molecule has 0 unspecified atom stereocenters. The number of nitrogens with zero attached hydrogens (tertiary/aromatic N) is 1. The van der Waals surface area contributed by atoms with Crippen molar-refractivity contribution in [2.24, 2.45) is 11.8 Å². The molecule has 26 heavy (non-hydrogen) atoms. The maximum absolute atomic E-state index is 12.9. The summed E-state index contributed by atoms with van der Waals surface area (Å²) in [6.07, 6.45) is 1.33. The van der Waals surface area contributed by atoms with Crippen LogP contribution in [-0.2, 0) is 19.4 Å². The smallest absolute Gasteiger partial charge is 0.225 e. The molecule has 1 aromatic carbocycles. The van der Waals surface area contributed by atoms with Crippen LogP contribution in [0.2, 0.25) is 0 Å². The van der Waals surface area contributed by atoms with E-state index in [0.29, 0.717) is 12.8 Å². The van der Waals surface area contributed by atoms with Gasteiger partial charge in [0.2, 0.25) is 11.8 Å². The third-order valence-corrected chi connectivity index (χ3v) is 7.47. The van der Waals surface area contributed by atoms with Gasteiger partial charge in [-0.3, -0.25) is 9.59 Å². The van der Waals surface area contributed by atoms with Crippen molar-refractivity contribution in [3.63, 3.8) is 0 Å². The van der Waals surface area contributed by atoms with E-state index >= 15 is 0 Å². The van der Waals surface area contributed by atoms with Crippen LogP contribution in [0, 0.1) is 23.2 Å². The standard InChI is InChI=1S/C18H21N3O4S/c1-20-16(22)14-9-13(26(24,25)12-5-3-2-4-6-12)10-15(14)17(23)21-18(11-19)7-8-18/h2-6,13-15H,7-10H2,1H3,(H,20,22)(H,21,23)/t13-,14+,15+/m0/s1. The van der Waals surface area contributed by atoms with Crippen LogP contribution >= 0.6 is 0 Å². The molecule has 2 aliphatic carbocycles. The lowest BCUT2D eigenvalue weighted by Gasteiger charge is -2.19. The lowest BCUT2D eigenvalue weighted by molar-refractivity contribution is -0.133. The van der Waals surface area contributed by atoms with Crippen LogP contribution in [0.25, 0.3) is 0 Å². The van der Waals surface area contributed by atoms with Crippen molar-refractivity contribution < 1.29 is 18.0 Å². The zero-order chi connectivity index (χ0) is 18.9. The number of amides is 2. The minimum atomic E-state index is -3.64. The molecular weight excluding hydrogens is 354 g/mol. The Morgan fingerprint density at radius 3 is 2.19 bits per heavy atom. The van der Waals surface area contributed by atoms with Gasteiger partial charge in [-0.05, 0) is 37.8 Å². The average Bonchev–Trinajstić information content (AvgIpc) is 3.27. The summed E-state index contributed by atoms with van der Waals surface area (Å²) in [5.74, 6) is -2.25. The Kier molecular flexibility index (Phi) is 4.76. The van der Waals surface area contributed by atoms with Crippen LogP contribution in [0.3, 0.4) is 0 Å². The summed E-state index contributed by atoms with van der Waals surface area (Å²) in [5, 5.41) is 13.6. The molecule has 2 N–H and O–H groups in total. The maximum Gasteiger partial charge on any atom is 0.225 e. The number of hydrogen-bond donors (Lipinski definition) is 2. The van der Waals surface area contributed by atoms with Crippen molar-refractivity contribution in [2.45, 2.75) is 41.4 Å². The Morgan fingerprint density at radius 2 is 1.69 bits per heavy atom. The lowest BCUT2D eigenvalue weighted by Crippen LogP contribution is -2.43. The highest BCUT2D eigenvalue weighted by atomic mass is 32.2. The van der Waals surface area contributed by atoms with Gasteiger partial charge in [0, 0.05) is 7.05 Å². The molecule has 3 atom stereocenters. The molecule has 0 aromatic heterocycles. The molecular formula is C18H21N3O4S. The minimum Gasteiger partial charge on any atom is -0.359 e. The summed E-state index contributed by atoms with van der Waals surface area (Å²) in [6, 6.07) is 10.1. The molecule has 7 nitrogen and oxygen atoms in total. The van der Waals surface area contributed by atoms with Crippen molar-refractivity contribution in [3.05, 3.63) is 30.3 Å². The number of carbonyl (C=O) groups excluding carboxylic acids is 2. The largest absolute Gasteiger partial charge is 0.359 e. The van der Waals surface area contributed by atoms with Crippen LogP contribution in [0.5, 0.6) is 0 Å². The highest BCUT2D eigenvalue weighted by molar-refractivity contribution is 7.92. The van der Waals surface area contributed by atoms with Gasteiger partial charge < -0.3 is 10.6 Å². The van der Waals surface area contributed by atoms with Gasteiger partial charge in [-0.2, -0.15) is 5.26 Å². The Labute approximate surface area is 152 Å². The molecule has 2 saturated carbocycles. The summed E-state index contributed by atoms with van der Waals surface area (Å²) in [6.45, 7) is 0. The van der Waals surface area contributed by atoms with E-state index in [4.69, 9.17) is 5.26 Å². The van der Waals surface area contributed by atoms with E-state index in [1.165, 1.54) is 19.2 Å². The minimum absolute atomic E-state index is 0.0721. The quantitative estimate of drug-likeness (QED) is 0.789. The van der Waals surface area contributed by atoms with Crippen LogP contribution in [0.4, 0.5) is 0 Å². The number of sulfone groups is 1. The average molecular weight is 375 g/mol. The topological polar surface area (TPSA) is 116 Å². The molecule has 2 amide bonds. The number of nitriles is 1. The Hall–Kier alpha value is -2.40. The monoisotopic (exact) mass is 375 g/mol. The fourth-order valence-electron chi connectivity index (χ4n) is 3.53. The van der Waals surface area contributed by atoms with Crippen molar-refractivity contribution in [1.29, 1.82) is 5.26 Å². The first-order valence-electron chi connectivity index (χ1n) is 8.57. The van der Waals surface area contributed by atoms with E-state index in [9.17, 15) is 18.0 Å². The SMILES string of the molecule is CNC(=O)[C@@H]1C[C@H](S(=O)(=O)c2ccccc2)C[C@H]1C(=O)NC1(C#N)CC1. The summed E-state index contributed by atoms with van der Waals surface area (Å²) in [5.41, 5.74) is -0.847. The molecule has 1 aromatic rings. The normalized spacial score (nSPS) is 26.5. The van der Waals surface area contributed by atoms with Crippen molar-refractivity contribution in [1.82, 2.24) is 10.6 Å². The van der Waals surface area contributed by atoms with Gasteiger partial charge in [-0.1, -0.05) is 18.2 Å². The van der Waals surface area contributed by atoms with Gasteiger partial charge >= 0.3 is 0 Å². The first-order valence-corrected chi connectivity index (χ1v) is 10.1. The van der Waals surface area contributed by atoms with E-state index in [2.05, 4.69) is 16.7 Å². The molecule has 0 saturated heterocycles. The van der Waals surface area contributed by atoms with E-state index < -0.39 is 38.4 Å². The third kappa shape index (κ3) is 3.31. The second-order valence-corrected chi connectivity index (χ2v) is 9.19. The van der Waals surface area contributed by atoms with Gasteiger partial charge in [0.25, 0.3) is 0 Å². The third-order valence-electron chi connectivity index (χ3n) is 5.28. The number of hydrogen-bond acceptors (Lipinski definition) is 5. The van der Waals surface area contributed by atoms with Gasteiger partial charge in [-0.15, -0.1) is 0 Å². The first-order chi connectivity index (χ1) is 12.3. The Balaban J connectivity index is 1.84. The van der Waals surface area contributed by atoms with E-state index in [1.807, 2.05) is 0 Å². The van der Waals surface area contributed by atoms with Crippen molar-refractivity contribution in [3.8, 4) is 6.07 Å². The maximum atomic E-state index is 12.9. The second kappa shape index (κ2) is 6.72. The fourth-order valence-corrected chi connectivity index (χ4v) is 5.37. The summed E-state index contributed by atoms with van der Waals surface area (Å²) >= 11 is 0. The number of benzene rings is 1. The number of rotatable bonds is 5. The first kappa shape index (κ1) is 18.4. The molecule has 3 rings (SSSR count). The van der Waals surface area contributed by atoms with Gasteiger partial charge in [-0.25, -0.2) is 8.42 Å². The Bertz CT molecular complexity index is 856. The summed E-state index contributed by atoms with van der Waals surface area (Å²) < 4.78 is 25.8. The second-order valence-electron chi connectivity index (χ2n) is 6.96. The lowest BCUT2D eigenvalue weighted by atomic mass is 9.94. The molecule has 2 aliphatic rings. The zero-order valence-corrected chi connectivity index (χ0v) is 15.3. The summed E-state index contributed by atoms with van der Waals surface area (Å²) in [4.78, 5) is 25.1. The highest BCUT2D eigenvalue weighted by Crippen LogP contribution is 2.40.